The second-order valence-corrected chi connectivity index (χ2v) is 8.90. The van der Waals surface area contributed by atoms with Crippen molar-refractivity contribution in [2.75, 3.05) is 31.1 Å². The number of hydrogen-bond acceptors (Lipinski definition) is 5. The number of aromatic amines is 1. The van der Waals surface area contributed by atoms with Crippen LogP contribution in [-0.2, 0) is 6.18 Å². The number of H-pyrrole nitrogens is 1. The highest BCUT2D eigenvalue weighted by molar-refractivity contribution is 6.01. The number of amides is 1. The van der Waals surface area contributed by atoms with Crippen LogP contribution >= 0.6 is 0 Å². The van der Waals surface area contributed by atoms with Crippen molar-refractivity contribution in [1.82, 2.24) is 25.1 Å². The van der Waals surface area contributed by atoms with Crippen molar-refractivity contribution in [3.05, 3.63) is 58.8 Å². The van der Waals surface area contributed by atoms with Crippen LogP contribution in [0.2, 0.25) is 0 Å². The lowest BCUT2D eigenvalue weighted by molar-refractivity contribution is -0.137. The van der Waals surface area contributed by atoms with Crippen LogP contribution in [0.3, 0.4) is 0 Å². The summed E-state index contributed by atoms with van der Waals surface area (Å²) in [5, 5.41) is 5.77. The van der Waals surface area contributed by atoms with Crippen molar-refractivity contribution in [2.24, 2.45) is 11.8 Å². The van der Waals surface area contributed by atoms with Crippen molar-refractivity contribution in [3.63, 3.8) is 0 Å². The molecule has 1 N–H and O–H groups in total. The van der Waals surface area contributed by atoms with Gasteiger partial charge >= 0.3 is 6.18 Å². The van der Waals surface area contributed by atoms with E-state index in [0.29, 0.717) is 38.3 Å². The number of carbonyl (C=O) groups is 1. The minimum Gasteiger partial charge on any atom is -0.340 e. The summed E-state index contributed by atoms with van der Waals surface area (Å²) in [5.74, 6) is -0.560. The summed E-state index contributed by atoms with van der Waals surface area (Å²) in [4.78, 5) is 26.0. The van der Waals surface area contributed by atoms with Crippen LogP contribution in [0.25, 0.3) is 11.3 Å². The fraction of sp³-hybridized carbons (Fsp3) is 0.391. The molecule has 2 saturated heterocycles. The first kappa shape index (κ1) is 22.3. The highest BCUT2D eigenvalue weighted by Gasteiger charge is 2.44. The molecule has 1 aromatic carbocycles. The first-order chi connectivity index (χ1) is 16.1. The fourth-order valence-corrected chi connectivity index (χ4v) is 4.99. The topological polar surface area (TPSA) is 78.0 Å². The molecule has 2 aliphatic rings. The van der Waals surface area contributed by atoms with Crippen LogP contribution in [0.1, 0.15) is 27.3 Å². The molecule has 3 aromatic rings. The predicted molar refractivity (Wildman–Crippen MR) is 116 cm³/mol. The van der Waals surface area contributed by atoms with E-state index in [1.807, 2.05) is 19.9 Å². The van der Waals surface area contributed by atoms with E-state index in [9.17, 15) is 22.4 Å². The molecular weight excluding hydrogens is 452 g/mol. The molecule has 0 saturated carbocycles. The molecule has 2 aliphatic heterocycles. The SMILES string of the molecule is Cc1cc(C)nc(N2CC3CN(C(=O)c4c(F)cccc4-c4[nH]ncc4C(F)(F)F)CC3C2)n1. The third-order valence-electron chi connectivity index (χ3n) is 6.47. The van der Waals surface area contributed by atoms with Crippen molar-refractivity contribution in [2.45, 2.75) is 20.0 Å². The zero-order valence-electron chi connectivity index (χ0n) is 18.5. The minimum absolute atomic E-state index is 0.140. The van der Waals surface area contributed by atoms with Crippen LogP contribution in [-0.4, -0.2) is 57.2 Å². The molecule has 0 radical (unpaired) electrons. The number of benzene rings is 1. The predicted octanol–water partition coefficient (Wildman–Crippen LogP) is 3.85. The highest BCUT2D eigenvalue weighted by atomic mass is 19.4. The van der Waals surface area contributed by atoms with Gasteiger partial charge in [0.25, 0.3) is 5.91 Å². The number of hydrogen-bond donors (Lipinski definition) is 1. The molecule has 5 rings (SSSR count). The van der Waals surface area contributed by atoms with Gasteiger partial charge in [0.2, 0.25) is 5.95 Å². The molecule has 2 unspecified atom stereocenters. The van der Waals surface area contributed by atoms with Gasteiger partial charge in [0, 0.05) is 55.0 Å². The molecule has 2 aromatic heterocycles. The van der Waals surface area contributed by atoms with Crippen LogP contribution in [0.15, 0.2) is 30.5 Å². The molecule has 1 amide bonds. The summed E-state index contributed by atoms with van der Waals surface area (Å²) in [5.41, 5.74) is -0.257. The molecule has 7 nitrogen and oxygen atoms in total. The minimum atomic E-state index is -4.70. The number of halogens is 4. The largest absolute Gasteiger partial charge is 0.420 e. The van der Waals surface area contributed by atoms with Crippen molar-refractivity contribution in [3.8, 4) is 11.3 Å². The van der Waals surface area contributed by atoms with Crippen molar-refractivity contribution < 1.29 is 22.4 Å². The Hall–Kier alpha value is -3.50. The number of aromatic nitrogens is 4. The Bertz CT molecular complexity index is 1220. The lowest BCUT2D eigenvalue weighted by Gasteiger charge is -2.23. The van der Waals surface area contributed by atoms with E-state index in [-0.39, 0.29) is 23.0 Å². The average molecular weight is 474 g/mol. The number of nitrogens with zero attached hydrogens (tertiary/aromatic N) is 5. The summed E-state index contributed by atoms with van der Waals surface area (Å²) >= 11 is 0. The lowest BCUT2D eigenvalue weighted by atomic mass is 10.00. The normalized spacial score (nSPS) is 20.2. The number of nitrogens with one attached hydrogen (secondary N) is 1. The van der Waals surface area contributed by atoms with E-state index < -0.39 is 29.2 Å². The number of likely N-dealkylation sites (tertiary alicyclic amines) is 1. The van der Waals surface area contributed by atoms with Crippen molar-refractivity contribution >= 4 is 11.9 Å². The molecule has 0 aliphatic carbocycles. The molecule has 0 spiro atoms. The van der Waals surface area contributed by atoms with E-state index in [1.165, 1.54) is 17.0 Å². The van der Waals surface area contributed by atoms with Gasteiger partial charge in [-0.05, 0) is 26.0 Å². The molecular formula is C23H22F4N6O. The maximum Gasteiger partial charge on any atom is 0.420 e. The molecule has 2 atom stereocenters. The Labute approximate surface area is 192 Å². The van der Waals surface area contributed by atoms with E-state index in [4.69, 9.17) is 0 Å². The zero-order chi connectivity index (χ0) is 24.2. The summed E-state index contributed by atoms with van der Waals surface area (Å²) in [7, 11) is 0. The van der Waals surface area contributed by atoms with Gasteiger partial charge in [-0.25, -0.2) is 14.4 Å². The highest BCUT2D eigenvalue weighted by Crippen LogP contribution is 2.39. The third kappa shape index (κ3) is 3.88. The summed E-state index contributed by atoms with van der Waals surface area (Å²) in [6, 6.07) is 5.56. The van der Waals surface area contributed by atoms with Gasteiger partial charge in [-0.2, -0.15) is 18.3 Å². The average Bonchev–Trinajstić information content (AvgIpc) is 3.46. The Morgan fingerprint density at radius 2 is 1.71 bits per heavy atom. The number of aryl methyl sites for hydroxylation is 2. The monoisotopic (exact) mass is 474 g/mol. The molecule has 2 fully saturated rings. The number of alkyl halides is 3. The Morgan fingerprint density at radius 1 is 1.06 bits per heavy atom. The first-order valence-corrected chi connectivity index (χ1v) is 10.9. The maximum absolute atomic E-state index is 14.8. The second kappa shape index (κ2) is 8.07. The molecule has 0 bridgehead atoms. The van der Waals surface area contributed by atoms with Gasteiger partial charge < -0.3 is 9.80 Å². The quantitative estimate of drug-likeness (QED) is 0.584. The third-order valence-corrected chi connectivity index (χ3v) is 6.47. The van der Waals surface area contributed by atoms with E-state index in [0.717, 1.165) is 17.5 Å². The van der Waals surface area contributed by atoms with Gasteiger partial charge in [-0.15, -0.1) is 0 Å². The number of carbonyl (C=O) groups excluding carboxylic acids is 1. The van der Waals surface area contributed by atoms with Gasteiger partial charge in [0.05, 0.1) is 17.5 Å². The van der Waals surface area contributed by atoms with Gasteiger partial charge in [-0.1, -0.05) is 12.1 Å². The molecule has 178 valence electrons. The van der Waals surface area contributed by atoms with Crippen LogP contribution in [0.4, 0.5) is 23.5 Å². The Balaban J connectivity index is 1.38. The van der Waals surface area contributed by atoms with Crippen LogP contribution in [0.5, 0.6) is 0 Å². The van der Waals surface area contributed by atoms with E-state index >= 15 is 0 Å². The van der Waals surface area contributed by atoms with Crippen molar-refractivity contribution in [1.29, 1.82) is 0 Å². The number of fused-ring (bicyclic) bond motifs is 1. The van der Waals surface area contributed by atoms with Crippen LogP contribution < -0.4 is 4.90 Å². The maximum atomic E-state index is 14.8. The van der Waals surface area contributed by atoms with Gasteiger partial charge in [0.15, 0.2) is 0 Å². The summed E-state index contributed by atoms with van der Waals surface area (Å²) < 4.78 is 55.1. The van der Waals surface area contributed by atoms with Gasteiger partial charge in [-0.3, -0.25) is 9.89 Å². The molecule has 34 heavy (non-hydrogen) atoms. The molecule has 4 heterocycles. The standard InChI is InChI=1S/C23H22F4N6O/c1-12-6-13(2)30-22(29-12)33-10-14-8-32(9-15(14)11-33)21(34)19-16(4-3-5-18(19)24)20-17(7-28-31-20)23(25,26)27/h3-7,14-15H,8-11H2,1-2H3,(H,28,31). The van der Waals surface area contributed by atoms with Gasteiger partial charge in [0.1, 0.15) is 11.4 Å². The Morgan fingerprint density at radius 3 is 2.32 bits per heavy atom. The number of anilines is 1. The summed E-state index contributed by atoms with van der Waals surface area (Å²) in [6.45, 7) is 5.89. The Kier molecular flexibility index (Phi) is 5.29. The van der Waals surface area contributed by atoms with Crippen LogP contribution in [0, 0.1) is 31.5 Å². The second-order valence-electron chi connectivity index (χ2n) is 8.90. The summed E-state index contributed by atoms with van der Waals surface area (Å²) in [6.07, 6.45) is -4.06. The first-order valence-electron chi connectivity index (χ1n) is 10.9. The molecule has 11 heteroatoms. The zero-order valence-corrected chi connectivity index (χ0v) is 18.5. The lowest BCUT2D eigenvalue weighted by Crippen LogP contribution is -2.34. The number of rotatable bonds is 3. The smallest absolute Gasteiger partial charge is 0.340 e. The van der Waals surface area contributed by atoms with E-state index in [1.54, 1.807) is 0 Å². The van der Waals surface area contributed by atoms with E-state index in [2.05, 4.69) is 25.1 Å². The fourth-order valence-electron chi connectivity index (χ4n) is 4.99.